The maximum Gasteiger partial charge on any atom is 0.366 e. The first-order chi connectivity index (χ1) is 6.52. The van der Waals surface area contributed by atoms with E-state index >= 15 is 0 Å². The van der Waals surface area contributed by atoms with E-state index in [1.807, 2.05) is 0 Å². The van der Waals surface area contributed by atoms with Crippen molar-refractivity contribution >= 4 is 11.8 Å². The van der Waals surface area contributed by atoms with Crippen molar-refractivity contribution in [1.82, 2.24) is 4.98 Å². The van der Waals surface area contributed by atoms with Gasteiger partial charge >= 0.3 is 11.8 Å². The molecule has 0 aliphatic heterocycles. The lowest BCUT2D eigenvalue weighted by Crippen LogP contribution is -2.05. The smallest absolute Gasteiger partial charge is 0.366 e. The van der Waals surface area contributed by atoms with Crippen LogP contribution in [0.4, 0.5) is 5.82 Å². The van der Waals surface area contributed by atoms with Crippen LogP contribution in [0.1, 0.15) is 11.1 Å². The van der Waals surface area contributed by atoms with Gasteiger partial charge in [-0.2, -0.15) is 0 Å². The summed E-state index contributed by atoms with van der Waals surface area (Å²) >= 11 is 0. The van der Waals surface area contributed by atoms with E-state index in [0.29, 0.717) is 11.1 Å². The molecule has 74 valence electrons. The van der Waals surface area contributed by atoms with Crippen LogP contribution in [0.15, 0.2) is 12.3 Å². The molecule has 0 saturated carbocycles. The van der Waals surface area contributed by atoms with Gasteiger partial charge in [-0.1, -0.05) is 0 Å². The summed E-state index contributed by atoms with van der Waals surface area (Å²) in [5.74, 6) is -1.31. The number of carboxylic acid groups (broad SMARTS) is 1. The van der Waals surface area contributed by atoms with Gasteiger partial charge in [0.1, 0.15) is 6.20 Å². The summed E-state index contributed by atoms with van der Waals surface area (Å²) in [5.41, 5.74) is 0.721. The number of aliphatic carboxylic acids is 1. The molecule has 0 atom stereocenters. The summed E-state index contributed by atoms with van der Waals surface area (Å²) in [7, 11) is 0. The van der Waals surface area contributed by atoms with Crippen LogP contribution in [0.2, 0.25) is 0 Å². The van der Waals surface area contributed by atoms with Crippen LogP contribution >= 0.6 is 0 Å². The Bertz CT molecular complexity index is 389. The summed E-state index contributed by atoms with van der Waals surface area (Å²) in [6, 6.07) is 1.47. The summed E-state index contributed by atoms with van der Waals surface area (Å²) in [5, 5.41) is 19.0. The molecule has 1 aromatic heterocycles. The van der Waals surface area contributed by atoms with Crippen molar-refractivity contribution in [2.75, 3.05) is 0 Å². The van der Waals surface area contributed by atoms with Gasteiger partial charge in [0.2, 0.25) is 0 Å². The third kappa shape index (κ3) is 2.03. The highest BCUT2D eigenvalue weighted by Crippen LogP contribution is 2.18. The van der Waals surface area contributed by atoms with Crippen molar-refractivity contribution in [3.63, 3.8) is 0 Å². The molecule has 0 bridgehead atoms. The van der Waals surface area contributed by atoms with E-state index in [0.717, 1.165) is 0 Å². The average molecular weight is 196 g/mol. The van der Waals surface area contributed by atoms with Gasteiger partial charge in [-0.3, -0.25) is 4.79 Å². The Morgan fingerprint density at radius 2 is 2.36 bits per heavy atom. The largest absolute Gasteiger partial charge is 0.481 e. The van der Waals surface area contributed by atoms with Crippen LogP contribution in [0.25, 0.3) is 0 Å². The van der Waals surface area contributed by atoms with Gasteiger partial charge in [-0.15, -0.1) is 0 Å². The molecule has 0 radical (unpaired) electrons. The molecule has 14 heavy (non-hydrogen) atoms. The molecule has 6 nitrogen and oxygen atoms in total. The fourth-order valence-corrected chi connectivity index (χ4v) is 1.10. The van der Waals surface area contributed by atoms with Crippen molar-refractivity contribution in [2.24, 2.45) is 0 Å². The highest BCUT2D eigenvalue weighted by atomic mass is 16.6. The van der Waals surface area contributed by atoms with Gasteiger partial charge in [0.05, 0.1) is 12.0 Å². The first-order valence-corrected chi connectivity index (χ1v) is 3.83. The molecule has 0 unspecified atom stereocenters. The van der Waals surface area contributed by atoms with Crippen LogP contribution in [0.5, 0.6) is 0 Å². The molecule has 6 heteroatoms. The van der Waals surface area contributed by atoms with Crippen molar-refractivity contribution in [3.05, 3.63) is 33.5 Å². The molecule has 1 heterocycles. The lowest BCUT2D eigenvalue weighted by Gasteiger charge is -2.01. The third-order valence-electron chi connectivity index (χ3n) is 1.80. The Kier molecular flexibility index (Phi) is 2.76. The minimum atomic E-state index is -1.02. The number of pyridine rings is 1. The summed E-state index contributed by atoms with van der Waals surface area (Å²) in [6.45, 7) is 1.49. The fraction of sp³-hybridized carbons (Fsp3) is 0.250. The normalized spacial score (nSPS) is 9.79. The second-order valence-corrected chi connectivity index (χ2v) is 2.75. The number of hydrogen-bond donors (Lipinski definition) is 1. The molecule has 0 aliphatic rings. The Balaban J connectivity index is 3.13. The fourth-order valence-electron chi connectivity index (χ4n) is 1.10. The molecule has 1 aromatic rings. The maximum absolute atomic E-state index is 10.5. The molecular formula is C8H8N2O4. The molecule has 0 saturated heterocycles. The van der Waals surface area contributed by atoms with E-state index in [-0.39, 0.29) is 12.2 Å². The van der Waals surface area contributed by atoms with Crippen molar-refractivity contribution < 1.29 is 14.8 Å². The van der Waals surface area contributed by atoms with Crippen LogP contribution in [-0.4, -0.2) is 21.0 Å². The maximum atomic E-state index is 10.5. The van der Waals surface area contributed by atoms with E-state index in [4.69, 9.17) is 5.11 Å². The molecule has 0 aliphatic carbocycles. The Morgan fingerprint density at radius 3 is 2.86 bits per heavy atom. The highest BCUT2D eigenvalue weighted by molar-refractivity contribution is 5.71. The number of carbonyl (C=O) groups is 1. The summed E-state index contributed by atoms with van der Waals surface area (Å²) in [4.78, 5) is 23.8. The van der Waals surface area contributed by atoms with Crippen molar-refractivity contribution in [3.8, 4) is 0 Å². The molecule has 0 aromatic carbocycles. The Labute approximate surface area is 79.4 Å². The lowest BCUT2D eigenvalue weighted by atomic mass is 10.1. The van der Waals surface area contributed by atoms with Gasteiger partial charge in [-0.05, 0) is 28.5 Å². The Hall–Kier alpha value is -1.98. The van der Waals surface area contributed by atoms with E-state index in [2.05, 4.69) is 4.98 Å². The Morgan fingerprint density at radius 1 is 1.71 bits per heavy atom. The van der Waals surface area contributed by atoms with Crippen LogP contribution in [0.3, 0.4) is 0 Å². The molecule has 1 rings (SSSR count). The average Bonchev–Trinajstić information content (AvgIpc) is 2.07. The van der Waals surface area contributed by atoms with Crippen LogP contribution in [0, 0.1) is 17.0 Å². The molecule has 0 amide bonds. The zero-order chi connectivity index (χ0) is 10.7. The number of nitrogens with zero attached hydrogens (tertiary/aromatic N) is 2. The summed E-state index contributed by atoms with van der Waals surface area (Å²) in [6.07, 6.45) is 1.01. The third-order valence-corrected chi connectivity index (χ3v) is 1.80. The van der Waals surface area contributed by atoms with Crippen molar-refractivity contribution in [2.45, 2.75) is 13.3 Å². The second kappa shape index (κ2) is 3.82. The van der Waals surface area contributed by atoms with E-state index < -0.39 is 10.9 Å². The van der Waals surface area contributed by atoms with Gasteiger partial charge in [0.15, 0.2) is 0 Å². The number of nitro groups is 1. The van der Waals surface area contributed by atoms with Crippen LogP contribution < -0.4 is 0 Å². The molecule has 0 spiro atoms. The second-order valence-electron chi connectivity index (χ2n) is 2.75. The lowest BCUT2D eigenvalue weighted by molar-refractivity contribution is -0.390. The van der Waals surface area contributed by atoms with E-state index in [1.165, 1.54) is 19.2 Å². The predicted molar refractivity (Wildman–Crippen MR) is 47.0 cm³/mol. The first kappa shape index (κ1) is 10.1. The van der Waals surface area contributed by atoms with Crippen LogP contribution in [-0.2, 0) is 11.2 Å². The quantitative estimate of drug-likeness (QED) is 0.573. The van der Waals surface area contributed by atoms with E-state index in [1.54, 1.807) is 0 Å². The number of aromatic nitrogens is 1. The zero-order valence-corrected chi connectivity index (χ0v) is 7.43. The molecule has 0 fully saturated rings. The van der Waals surface area contributed by atoms with Crippen molar-refractivity contribution in [1.29, 1.82) is 0 Å². The minimum absolute atomic E-state index is 0.227. The van der Waals surface area contributed by atoms with Gasteiger partial charge in [-0.25, -0.2) is 0 Å². The van der Waals surface area contributed by atoms with E-state index in [9.17, 15) is 14.9 Å². The minimum Gasteiger partial charge on any atom is -0.481 e. The van der Waals surface area contributed by atoms with Gasteiger partial charge in [0.25, 0.3) is 0 Å². The highest BCUT2D eigenvalue weighted by Gasteiger charge is 2.16. The monoisotopic (exact) mass is 196 g/mol. The SMILES string of the molecule is Cc1c(CC(=O)O)ccnc1[N+](=O)[O-]. The number of carboxylic acids is 1. The van der Waals surface area contributed by atoms with Gasteiger partial charge < -0.3 is 15.2 Å². The topological polar surface area (TPSA) is 93.3 Å². The molecular weight excluding hydrogens is 188 g/mol. The summed E-state index contributed by atoms with van der Waals surface area (Å²) < 4.78 is 0. The molecule has 1 N–H and O–H groups in total. The number of rotatable bonds is 3. The van der Waals surface area contributed by atoms with Gasteiger partial charge in [0, 0.05) is 0 Å². The first-order valence-electron chi connectivity index (χ1n) is 3.83. The zero-order valence-electron chi connectivity index (χ0n) is 7.43. The predicted octanol–water partition coefficient (Wildman–Crippen LogP) is 0.925. The number of hydrogen-bond acceptors (Lipinski definition) is 4. The standard InChI is InChI=1S/C8H8N2O4/c1-5-6(4-7(11)12)2-3-9-8(5)10(13)14/h2-3H,4H2,1H3,(H,11,12).